The Balaban J connectivity index is 3.10. The van der Waals surface area contributed by atoms with Crippen LogP contribution in [-0.4, -0.2) is 22.3 Å². The van der Waals surface area contributed by atoms with Crippen molar-refractivity contribution >= 4 is 12.0 Å². The first-order valence-corrected chi connectivity index (χ1v) is 9.18. The average molecular weight is 332 g/mol. The van der Waals surface area contributed by atoms with Gasteiger partial charge in [0.2, 0.25) is 0 Å². The molecule has 0 saturated carbocycles. The van der Waals surface area contributed by atoms with Crippen molar-refractivity contribution in [2.75, 3.05) is 0 Å². The van der Waals surface area contributed by atoms with Crippen LogP contribution in [0.4, 0.5) is 0 Å². The third kappa shape index (κ3) is 5.20. The minimum Gasteiger partial charge on any atom is -0.481 e. The van der Waals surface area contributed by atoms with Gasteiger partial charge in [0.05, 0.1) is 11.5 Å². The van der Waals surface area contributed by atoms with Crippen LogP contribution in [0.25, 0.3) is 6.08 Å². The molecule has 0 bridgehead atoms. The van der Waals surface area contributed by atoms with Gasteiger partial charge in [-0.05, 0) is 36.8 Å². The zero-order chi connectivity index (χ0) is 18.0. The highest BCUT2D eigenvalue weighted by molar-refractivity contribution is 5.76. The normalized spacial score (nSPS) is 13.8. The van der Waals surface area contributed by atoms with Crippen molar-refractivity contribution in [3.8, 4) is 0 Å². The Bertz CT molecular complexity index is 515. The number of carbonyl (C=O) groups is 1. The molecule has 3 heteroatoms. The first-order valence-electron chi connectivity index (χ1n) is 9.18. The monoisotopic (exact) mass is 332 g/mol. The lowest BCUT2D eigenvalue weighted by molar-refractivity contribution is -0.155. The Labute approximate surface area is 146 Å². The second kappa shape index (κ2) is 10.3. The van der Waals surface area contributed by atoms with E-state index < -0.39 is 17.5 Å². The predicted molar refractivity (Wildman–Crippen MR) is 99.8 cm³/mol. The summed E-state index contributed by atoms with van der Waals surface area (Å²) in [6.07, 6.45) is 7.00. The van der Waals surface area contributed by atoms with Crippen molar-refractivity contribution in [2.45, 2.75) is 71.8 Å². The van der Waals surface area contributed by atoms with E-state index >= 15 is 0 Å². The Morgan fingerprint density at radius 1 is 1.08 bits per heavy atom. The van der Waals surface area contributed by atoms with Crippen LogP contribution in [0.5, 0.6) is 0 Å². The molecule has 0 aliphatic heterocycles. The molecule has 0 heterocycles. The van der Waals surface area contributed by atoms with Crippen LogP contribution >= 0.6 is 0 Å². The van der Waals surface area contributed by atoms with Crippen LogP contribution in [0.3, 0.4) is 0 Å². The number of unbranched alkanes of at least 4 members (excludes halogenated alkanes) is 3. The molecule has 0 fully saturated rings. The molecule has 0 radical (unpaired) electrons. The highest BCUT2D eigenvalue weighted by Crippen LogP contribution is 2.37. The molecular weight excluding hydrogens is 300 g/mol. The van der Waals surface area contributed by atoms with Gasteiger partial charge in [-0.1, -0.05) is 76.4 Å². The Kier molecular flexibility index (Phi) is 8.77. The molecule has 1 rings (SSSR count). The highest BCUT2D eigenvalue weighted by atomic mass is 16.4. The summed E-state index contributed by atoms with van der Waals surface area (Å²) < 4.78 is 0. The van der Waals surface area contributed by atoms with Gasteiger partial charge in [0, 0.05) is 0 Å². The van der Waals surface area contributed by atoms with Gasteiger partial charge in [0.1, 0.15) is 0 Å². The standard InChI is InChI=1S/C21H32O3/c1-4-7-8-12-15-18(16-17-13-10-9-11-14-17)19(22)21(5-2,6-3)20(23)24/h9-11,13-14,16,19,22H,4-8,12,15H2,1-3H3,(H,23,24)/b18-16-. The van der Waals surface area contributed by atoms with E-state index in [1.807, 2.05) is 50.3 Å². The second-order valence-corrected chi connectivity index (χ2v) is 6.51. The van der Waals surface area contributed by atoms with Gasteiger partial charge in [-0.25, -0.2) is 0 Å². The number of aliphatic carboxylic acids is 1. The number of aliphatic hydroxyl groups is 1. The van der Waals surface area contributed by atoms with Crippen LogP contribution in [0.15, 0.2) is 35.9 Å². The maximum Gasteiger partial charge on any atom is 0.312 e. The number of carboxylic acids is 1. The molecule has 3 nitrogen and oxygen atoms in total. The second-order valence-electron chi connectivity index (χ2n) is 6.51. The van der Waals surface area contributed by atoms with Crippen molar-refractivity contribution in [1.29, 1.82) is 0 Å². The maximum atomic E-state index is 11.9. The zero-order valence-electron chi connectivity index (χ0n) is 15.3. The van der Waals surface area contributed by atoms with Crippen LogP contribution in [-0.2, 0) is 4.79 Å². The molecule has 1 unspecified atom stereocenters. The van der Waals surface area contributed by atoms with Crippen molar-refractivity contribution < 1.29 is 15.0 Å². The molecule has 0 aromatic heterocycles. The molecule has 0 spiro atoms. The molecular formula is C21H32O3. The van der Waals surface area contributed by atoms with Crippen LogP contribution in [0, 0.1) is 5.41 Å². The van der Waals surface area contributed by atoms with Gasteiger partial charge in [0.25, 0.3) is 0 Å². The molecule has 0 saturated heterocycles. The van der Waals surface area contributed by atoms with Crippen LogP contribution < -0.4 is 0 Å². The van der Waals surface area contributed by atoms with Gasteiger partial charge >= 0.3 is 5.97 Å². The number of hydrogen-bond acceptors (Lipinski definition) is 2. The van der Waals surface area contributed by atoms with E-state index in [-0.39, 0.29) is 0 Å². The van der Waals surface area contributed by atoms with Crippen molar-refractivity contribution in [3.63, 3.8) is 0 Å². The van der Waals surface area contributed by atoms with Crippen molar-refractivity contribution in [2.24, 2.45) is 5.41 Å². The molecule has 0 amide bonds. The summed E-state index contributed by atoms with van der Waals surface area (Å²) in [6.45, 7) is 5.86. The molecule has 24 heavy (non-hydrogen) atoms. The SMILES string of the molecule is CCCCCC/C(=C/c1ccccc1)C(O)C(CC)(CC)C(=O)O. The molecule has 0 aliphatic rings. The number of benzene rings is 1. The molecule has 134 valence electrons. The topological polar surface area (TPSA) is 57.5 Å². The minimum absolute atomic E-state index is 0.418. The fraction of sp³-hybridized carbons (Fsp3) is 0.571. The summed E-state index contributed by atoms with van der Waals surface area (Å²) in [5.41, 5.74) is 0.739. The quantitative estimate of drug-likeness (QED) is 0.541. The van der Waals surface area contributed by atoms with E-state index in [4.69, 9.17) is 0 Å². The van der Waals surface area contributed by atoms with E-state index in [2.05, 4.69) is 6.92 Å². The lowest BCUT2D eigenvalue weighted by atomic mass is 9.73. The molecule has 1 aromatic rings. The van der Waals surface area contributed by atoms with E-state index in [0.717, 1.165) is 36.8 Å². The lowest BCUT2D eigenvalue weighted by Crippen LogP contribution is -2.42. The van der Waals surface area contributed by atoms with Gasteiger partial charge in [-0.3, -0.25) is 4.79 Å². The average Bonchev–Trinajstić information content (AvgIpc) is 2.59. The fourth-order valence-corrected chi connectivity index (χ4v) is 3.22. The summed E-state index contributed by atoms with van der Waals surface area (Å²) >= 11 is 0. The highest BCUT2D eigenvalue weighted by Gasteiger charge is 2.43. The number of carboxylic acid groups (broad SMARTS) is 1. The lowest BCUT2D eigenvalue weighted by Gasteiger charge is -2.34. The molecule has 2 N–H and O–H groups in total. The summed E-state index contributed by atoms with van der Waals surface area (Å²) in [4.78, 5) is 11.9. The predicted octanol–water partition coefficient (Wildman–Crippen LogP) is 5.29. The Hall–Kier alpha value is -1.61. The number of rotatable bonds is 11. The van der Waals surface area contributed by atoms with Crippen LogP contribution in [0.2, 0.25) is 0 Å². The molecule has 1 aromatic carbocycles. The van der Waals surface area contributed by atoms with Gasteiger partial charge in [-0.2, -0.15) is 0 Å². The first kappa shape index (κ1) is 20.4. The third-order valence-corrected chi connectivity index (χ3v) is 5.03. The van der Waals surface area contributed by atoms with Gasteiger partial charge in [-0.15, -0.1) is 0 Å². The third-order valence-electron chi connectivity index (χ3n) is 5.03. The van der Waals surface area contributed by atoms with E-state index in [1.165, 1.54) is 6.42 Å². The minimum atomic E-state index is -1.11. The van der Waals surface area contributed by atoms with E-state index in [0.29, 0.717) is 12.8 Å². The number of aliphatic hydroxyl groups excluding tert-OH is 1. The Morgan fingerprint density at radius 3 is 2.21 bits per heavy atom. The number of hydrogen-bond donors (Lipinski definition) is 2. The van der Waals surface area contributed by atoms with Crippen molar-refractivity contribution in [3.05, 3.63) is 41.5 Å². The summed E-state index contributed by atoms with van der Waals surface area (Å²) in [6, 6.07) is 9.83. The largest absolute Gasteiger partial charge is 0.481 e. The zero-order valence-corrected chi connectivity index (χ0v) is 15.3. The maximum absolute atomic E-state index is 11.9. The molecule has 1 atom stereocenters. The van der Waals surface area contributed by atoms with E-state index in [1.54, 1.807) is 0 Å². The Morgan fingerprint density at radius 2 is 1.71 bits per heavy atom. The van der Waals surface area contributed by atoms with Gasteiger partial charge in [0.15, 0.2) is 0 Å². The summed E-state index contributed by atoms with van der Waals surface area (Å²) in [5, 5.41) is 20.7. The smallest absolute Gasteiger partial charge is 0.312 e. The fourth-order valence-electron chi connectivity index (χ4n) is 3.22. The van der Waals surface area contributed by atoms with Crippen molar-refractivity contribution in [1.82, 2.24) is 0 Å². The van der Waals surface area contributed by atoms with Crippen LogP contribution in [0.1, 0.15) is 71.3 Å². The molecule has 0 aliphatic carbocycles. The first-order chi connectivity index (χ1) is 11.5. The summed E-state index contributed by atoms with van der Waals surface area (Å²) in [7, 11) is 0. The summed E-state index contributed by atoms with van der Waals surface area (Å²) in [5.74, 6) is -0.910. The van der Waals surface area contributed by atoms with E-state index in [9.17, 15) is 15.0 Å². The van der Waals surface area contributed by atoms with Gasteiger partial charge < -0.3 is 10.2 Å².